The number of alkyl carbamates (subject to hydrolysis) is 1. The molecule has 26 heavy (non-hydrogen) atoms. The molecule has 1 amide bonds. The Labute approximate surface area is 154 Å². The number of benzene rings is 2. The van der Waals surface area contributed by atoms with Gasteiger partial charge in [-0.25, -0.2) is 14.4 Å². The number of esters is 2. The predicted molar refractivity (Wildman–Crippen MR) is 92.8 cm³/mol. The largest absolute Gasteiger partial charge is 0.446 e. The maximum Gasteiger partial charge on any atom is 0.407 e. The number of alkyl halides is 1. The molecule has 0 atom stereocenters. The van der Waals surface area contributed by atoms with E-state index in [-0.39, 0.29) is 30.5 Å². The molecule has 0 aliphatic heterocycles. The number of rotatable bonds is 7. The normalized spacial score (nSPS) is 9.88. The highest BCUT2D eigenvalue weighted by atomic mass is 35.5. The van der Waals surface area contributed by atoms with Crippen LogP contribution in [0.5, 0.6) is 5.75 Å². The molecular weight excluding hydrogens is 362 g/mol. The Morgan fingerprint density at radius 1 is 0.923 bits per heavy atom. The van der Waals surface area contributed by atoms with Gasteiger partial charge < -0.3 is 19.5 Å². The lowest BCUT2D eigenvalue weighted by Gasteiger charge is -2.08. The summed E-state index contributed by atoms with van der Waals surface area (Å²) in [5.41, 5.74) is 1.10. The Kier molecular flexibility index (Phi) is 7.45. The molecule has 0 unspecified atom stereocenters. The first kappa shape index (κ1) is 19.3. The first-order chi connectivity index (χ1) is 12.6. The van der Waals surface area contributed by atoms with Gasteiger partial charge in [-0.3, -0.25) is 0 Å². The molecule has 0 aliphatic rings. The highest BCUT2D eigenvalue weighted by Gasteiger charge is 2.10. The van der Waals surface area contributed by atoms with Gasteiger partial charge in [-0.1, -0.05) is 41.9 Å². The second-order valence-electron chi connectivity index (χ2n) is 4.95. The van der Waals surface area contributed by atoms with E-state index >= 15 is 0 Å². The van der Waals surface area contributed by atoms with Crippen molar-refractivity contribution in [3.05, 3.63) is 65.7 Å². The van der Waals surface area contributed by atoms with E-state index in [1.165, 1.54) is 24.3 Å². The number of nitrogens with one attached hydrogen (secondary N) is 1. The van der Waals surface area contributed by atoms with Crippen molar-refractivity contribution < 1.29 is 28.6 Å². The molecule has 2 rings (SSSR count). The minimum Gasteiger partial charge on any atom is -0.446 e. The Morgan fingerprint density at radius 2 is 1.62 bits per heavy atom. The van der Waals surface area contributed by atoms with E-state index in [4.69, 9.17) is 21.1 Å². The average molecular weight is 378 g/mol. The second kappa shape index (κ2) is 10.0. The van der Waals surface area contributed by atoms with Crippen LogP contribution in [0.1, 0.15) is 15.9 Å². The Morgan fingerprint density at radius 3 is 2.27 bits per heavy atom. The smallest absolute Gasteiger partial charge is 0.407 e. The lowest BCUT2D eigenvalue weighted by Crippen LogP contribution is -2.32. The van der Waals surface area contributed by atoms with Crippen LogP contribution in [0.25, 0.3) is 0 Å². The van der Waals surface area contributed by atoms with Gasteiger partial charge in [0.25, 0.3) is 0 Å². The molecule has 2 aromatic rings. The van der Waals surface area contributed by atoms with Gasteiger partial charge in [0.2, 0.25) is 0 Å². The van der Waals surface area contributed by atoms with Crippen molar-refractivity contribution in [1.29, 1.82) is 0 Å². The summed E-state index contributed by atoms with van der Waals surface area (Å²) in [5, 5.41) is 2.29. The van der Waals surface area contributed by atoms with Crippen molar-refractivity contribution in [3.8, 4) is 5.75 Å². The summed E-state index contributed by atoms with van der Waals surface area (Å²) in [6.45, 7) is -0.259. The van der Waals surface area contributed by atoms with Gasteiger partial charge in [-0.05, 0) is 29.8 Å². The molecule has 0 aliphatic carbocycles. The summed E-state index contributed by atoms with van der Waals surface area (Å²) in [7, 11) is 0. The van der Waals surface area contributed by atoms with Crippen LogP contribution in [0.3, 0.4) is 0 Å². The van der Waals surface area contributed by atoms with Crippen LogP contribution in [-0.2, 0) is 20.9 Å². The first-order valence-corrected chi connectivity index (χ1v) is 8.10. The fourth-order valence-corrected chi connectivity index (χ4v) is 1.98. The van der Waals surface area contributed by atoms with Crippen LogP contribution < -0.4 is 10.1 Å². The summed E-state index contributed by atoms with van der Waals surface area (Å²) in [5.74, 6) is -1.05. The van der Waals surface area contributed by atoms with Gasteiger partial charge in [-0.2, -0.15) is 0 Å². The van der Waals surface area contributed by atoms with E-state index in [2.05, 4.69) is 10.1 Å². The van der Waals surface area contributed by atoms with E-state index in [1.807, 2.05) is 30.3 Å². The van der Waals surface area contributed by atoms with Crippen molar-refractivity contribution >= 4 is 29.6 Å². The Bertz CT molecular complexity index is 748. The average Bonchev–Trinajstić information content (AvgIpc) is 2.66. The molecule has 0 spiro atoms. The van der Waals surface area contributed by atoms with Crippen molar-refractivity contribution in [1.82, 2.24) is 5.32 Å². The fourth-order valence-electron chi connectivity index (χ4n) is 1.88. The topological polar surface area (TPSA) is 90.9 Å². The molecule has 0 saturated heterocycles. The molecule has 7 nitrogen and oxygen atoms in total. The first-order valence-electron chi connectivity index (χ1n) is 7.57. The van der Waals surface area contributed by atoms with Gasteiger partial charge in [0.05, 0.1) is 5.56 Å². The summed E-state index contributed by atoms with van der Waals surface area (Å²) < 4.78 is 14.6. The minimum absolute atomic E-state index is 0.0988. The third kappa shape index (κ3) is 6.45. The monoisotopic (exact) mass is 377 g/mol. The standard InChI is InChI=1S/C18H16ClNO6/c19-12-25-17(22)14-6-8-15(9-7-14)26-16(21)10-20-18(23)24-11-13-4-2-1-3-5-13/h1-9H,10-12H2,(H,20,23). The van der Waals surface area contributed by atoms with Gasteiger partial charge >= 0.3 is 18.0 Å². The molecule has 8 heteroatoms. The fraction of sp³-hybridized carbons (Fsp3) is 0.167. The van der Waals surface area contributed by atoms with Gasteiger partial charge in [0.1, 0.15) is 18.9 Å². The number of amides is 1. The van der Waals surface area contributed by atoms with E-state index in [0.29, 0.717) is 0 Å². The molecule has 0 radical (unpaired) electrons. The number of carbonyl (C=O) groups excluding carboxylic acids is 3. The number of hydrogen-bond donors (Lipinski definition) is 1. The highest BCUT2D eigenvalue weighted by molar-refractivity contribution is 6.17. The zero-order chi connectivity index (χ0) is 18.8. The van der Waals surface area contributed by atoms with Gasteiger partial charge in [-0.15, -0.1) is 0 Å². The summed E-state index contributed by atoms with van der Waals surface area (Å²) in [4.78, 5) is 34.7. The number of carbonyl (C=O) groups is 3. The lowest BCUT2D eigenvalue weighted by molar-refractivity contribution is -0.133. The van der Waals surface area contributed by atoms with E-state index in [1.54, 1.807) is 0 Å². The third-order valence-corrected chi connectivity index (χ3v) is 3.21. The quantitative estimate of drug-likeness (QED) is 0.453. The third-order valence-electron chi connectivity index (χ3n) is 3.10. The maximum atomic E-state index is 11.7. The van der Waals surface area contributed by atoms with Crippen LogP contribution in [0, 0.1) is 0 Å². The second-order valence-corrected chi connectivity index (χ2v) is 5.17. The zero-order valence-corrected chi connectivity index (χ0v) is 14.4. The van der Waals surface area contributed by atoms with Crippen molar-refractivity contribution in [2.24, 2.45) is 0 Å². The molecule has 1 N–H and O–H groups in total. The molecule has 0 bridgehead atoms. The Balaban J connectivity index is 1.72. The minimum atomic E-state index is -0.732. The molecule has 136 valence electrons. The van der Waals surface area contributed by atoms with Crippen molar-refractivity contribution in [2.45, 2.75) is 6.61 Å². The molecular formula is C18H16ClNO6. The van der Waals surface area contributed by atoms with Crippen LogP contribution in [0.2, 0.25) is 0 Å². The maximum absolute atomic E-state index is 11.7. The summed E-state index contributed by atoms with van der Waals surface area (Å²) in [6.07, 6.45) is -0.732. The zero-order valence-electron chi connectivity index (χ0n) is 13.6. The van der Waals surface area contributed by atoms with E-state index in [0.717, 1.165) is 5.56 Å². The van der Waals surface area contributed by atoms with E-state index < -0.39 is 18.0 Å². The van der Waals surface area contributed by atoms with Gasteiger partial charge in [0, 0.05) is 0 Å². The van der Waals surface area contributed by atoms with E-state index in [9.17, 15) is 14.4 Å². The van der Waals surface area contributed by atoms with Gasteiger partial charge in [0.15, 0.2) is 6.07 Å². The molecule has 0 heterocycles. The highest BCUT2D eigenvalue weighted by Crippen LogP contribution is 2.13. The number of ether oxygens (including phenoxy) is 3. The summed E-state index contributed by atoms with van der Waals surface area (Å²) in [6, 6.07) is 14.6. The van der Waals surface area contributed by atoms with Crippen LogP contribution in [-0.4, -0.2) is 30.6 Å². The van der Waals surface area contributed by atoms with Crippen molar-refractivity contribution in [2.75, 3.05) is 12.6 Å². The van der Waals surface area contributed by atoms with Crippen LogP contribution in [0.15, 0.2) is 54.6 Å². The molecule has 0 aromatic heterocycles. The predicted octanol–water partition coefficient (Wildman–Crippen LogP) is 2.87. The van der Waals surface area contributed by atoms with Crippen molar-refractivity contribution in [3.63, 3.8) is 0 Å². The number of halogens is 1. The molecule has 0 fully saturated rings. The number of hydrogen-bond acceptors (Lipinski definition) is 6. The Hall–Kier alpha value is -3.06. The summed E-state index contributed by atoms with van der Waals surface area (Å²) >= 11 is 5.31. The lowest BCUT2D eigenvalue weighted by atomic mass is 10.2. The van der Waals surface area contributed by atoms with Crippen LogP contribution >= 0.6 is 11.6 Å². The molecule has 0 saturated carbocycles. The molecule has 2 aromatic carbocycles. The SMILES string of the molecule is O=C(CNC(=O)OCc1ccccc1)Oc1ccc(C(=O)OCCl)cc1. The van der Waals surface area contributed by atoms with Crippen LogP contribution in [0.4, 0.5) is 4.79 Å².